The number of aromatic nitrogens is 2. The van der Waals surface area contributed by atoms with Gasteiger partial charge in [0.05, 0.1) is 21.1 Å². The fraction of sp³-hybridized carbons (Fsp3) is 0.0833. The molecule has 0 fully saturated rings. The lowest BCUT2D eigenvalue weighted by Gasteiger charge is -2.09. The number of fused-ring (bicyclic) bond motifs is 1. The van der Waals surface area contributed by atoms with Gasteiger partial charge in [0.1, 0.15) is 24.3 Å². The number of rotatable bonds is 5. The van der Waals surface area contributed by atoms with Crippen molar-refractivity contribution in [3.8, 4) is 11.8 Å². The van der Waals surface area contributed by atoms with Crippen molar-refractivity contribution in [3.05, 3.63) is 93.7 Å². The van der Waals surface area contributed by atoms with Crippen LogP contribution in [0.5, 0.6) is 5.75 Å². The minimum Gasteiger partial charge on any atom is -0.488 e. The summed E-state index contributed by atoms with van der Waals surface area (Å²) in [6, 6.07) is 24.0. The summed E-state index contributed by atoms with van der Waals surface area (Å²) in [7, 11) is 0. The maximum Gasteiger partial charge on any atom is 0.149 e. The van der Waals surface area contributed by atoms with E-state index in [0.717, 1.165) is 37.9 Å². The zero-order valence-electron chi connectivity index (χ0n) is 15.8. The normalized spacial score (nSPS) is 11.4. The SMILES string of the molecule is Cc1ccc2nc(/C(C#N)=C\c3ccc(OCc4ccccc4)c(Br)c3)[nH]c2c1. The van der Waals surface area contributed by atoms with E-state index in [-0.39, 0.29) is 0 Å². The van der Waals surface area contributed by atoms with Crippen LogP contribution in [0.3, 0.4) is 0 Å². The van der Waals surface area contributed by atoms with Crippen LogP contribution in [-0.4, -0.2) is 9.97 Å². The van der Waals surface area contributed by atoms with E-state index < -0.39 is 0 Å². The van der Waals surface area contributed by atoms with Crippen LogP contribution < -0.4 is 4.74 Å². The number of aryl methyl sites for hydroxylation is 1. The molecule has 0 aliphatic carbocycles. The van der Waals surface area contributed by atoms with Crippen molar-refractivity contribution in [1.29, 1.82) is 5.26 Å². The number of nitriles is 1. The zero-order chi connectivity index (χ0) is 20.2. The average molecular weight is 444 g/mol. The van der Waals surface area contributed by atoms with Crippen molar-refractivity contribution in [2.75, 3.05) is 0 Å². The minimum absolute atomic E-state index is 0.476. The number of benzene rings is 3. The lowest BCUT2D eigenvalue weighted by Crippen LogP contribution is -1.95. The third kappa shape index (κ3) is 4.39. The Morgan fingerprint density at radius 2 is 1.97 bits per heavy atom. The van der Waals surface area contributed by atoms with Gasteiger partial charge in [-0.15, -0.1) is 0 Å². The molecule has 0 unspecified atom stereocenters. The quantitative estimate of drug-likeness (QED) is 0.369. The topological polar surface area (TPSA) is 61.7 Å². The number of H-pyrrole nitrogens is 1. The van der Waals surface area contributed by atoms with Gasteiger partial charge in [0, 0.05) is 0 Å². The van der Waals surface area contributed by atoms with Gasteiger partial charge in [0.25, 0.3) is 0 Å². The van der Waals surface area contributed by atoms with Crippen LogP contribution in [0.4, 0.5) is 0 Å². The predicted octanol–water partition coefficient (Wildman–Crippen LogP) is 6.28. The van der Waals surface area contributed by atoms with Crippen LogP contribution in [0.2, 0.25) is 0 Å². The second kappa shape index (κ2) is 8.34. The summed E-state index contributed by atoms with van der Waals surface area (Å²) in [4.78, 5) is 7.78. The Kier molecular flexibility index (Phi) is 5.46. The summed E-state index contributed by atoms with van der Waals surface area (Å²) in [6.45, 7) is 2.52. The number of hydrogen-bond donors (Lipinski definition) is 1. The molecule has 29 heavy (non-hydrogen) atoms. The Morgan fingerprint density at radius 3 is 2.72 bits per heavy atom. The first-order valence-corrected chi connectivity index (χ1v) is 9.96. The largest absolute Gasteiger partial charge is 0.488 e. The van der Waals surface area contributed by atoms with E-state index in [1.807, 2.05) is 79.7 Å². The number of nitrogens with one attached hydrogen (secondary N) is 1. The van der Waals surface area contributed by atoms with E-state index in [1.165, 1.54) is 0 Å². The Labute approximate surface area is 177 Å². The second-order valence-corrected chi connectivity index (χ2v) is 7.59. The van der Waals surface area contributed by atoms with Crippen LogP contribution in [-0.2, 0) is 6.61 Å². The smallest absolute Gasteiger partial charge is 0.149 e. The summed E-state index contributed by atoms with van der Waals surface area (Å²) in [5.41, 5.74) is 5.38. The van der Waals surface area contributed by atoms with E-state index in [2.05, 4.69) is 32.0 Å². The molecule has 142 valence electrons. The molecule has 3 aromatic carbocycles. The summed E-state index contributed by atoms with van der Waals surface area (Å²) < 4.78 is 6.73. The third-order valence-electron chi connectivity index (χ3n) is 4.52. The van der Waals surface area contributed by atoms with Gasteiger partial charge in [-0.25, -0.2) is 4.98 Å². The lowest BCUT2D eigenvalue weighted by atomic mass is 10.1. The van der Waals surface area contributed by atoms with Gasteiger partial charge in [0.15, 0.2) is 0 Å². The van der Waals surface area contributed by atoms with Gasteiger partial charge in [-0.3, -0.25) is 0 Å². The molecule has 0 amide bonds. The minimum atomic E-state index is 0.476. The average Bonchev–Trinajstić information content (AvgIpc) is 3.15. The highest BCUT2D eigenvalue weighted by Gasteiger charge is 2.09. The first-order valence-electron chi connectivity index (χ1n) is 9.17. The van der Waals surface area contributed by atoms with Gasteiger partial charge in [-0.05, 0) is 69.9 Å². The summed E-state index contributed by atoms with van der Waals surface area (Å²) in [6.07, 6.45) is 1.82. The molecule has 1 N–H and O–H groups in total. The number of imidazole rings is 1. The van der Waals surface area contributed by atoms with Crippen molar-refractivity contribution in [2.45, 2.75) is 13.5 Å². The Balaban J connectivity index is 1.57. The van der Waals surface area contributed by atoms with Crippen molar-refractivity contribution in [2.24, 2.45) is 0 Å². The summed E-state index contributed by atoms with van der Waals surface area (Å²) >= 11 is 3.56. The van der Waals surface area contributed by atoms with Gasteiger partial charge in [0.2, 0.25) is 0 Å². The third-order valence-corrected chi connectivity index (χ3v) is 5.14. The maximum absolute atomic E-state index is 9.64. The van der Waals surface area contributed by atoms with Crippen molar-refractivity contribution in [1.82, 2.24) is 9.97 Å². The van der Waals surface area contributed by atoms with Crippen LogP contribution in [0.1, 0.15) is 22.5 Å². The number of halogens is 1. The number of ether oxygens (including phenoxy) is 1. The molecular formula is C24H18BrN3O. The molecule has 0 bridgehead atoms. The molecule has 1 heterocycles. The first kappa shape index (κ1) is 19.0. The highest BCUT2D eigenvalue weighted by Crippen LogP contribution is 2.29. The molecule has 0 spiro atoms. The Bertz CT molecular complexity index is 1240. The number of nitrogens with zero attached hydrogens (tertiary/aromatic N) is 2. The fourth-order valence-electron chi connectivity index (χ4n) is 3.03. The molecule has 4 aromatic rings. The second-order valence-electron chi connectivity index (χ2n) is 6.74. The van der Waals surface area contributed by atoms with Gasteiger partial charge in [-0.1, -0.05) is 42.5 Å². The fourth-order valence-corrected chi connectivity index (χ4v) is 3.54. The molecule has 0 atom stereocenters. The molecule has 0 saturated heterocycles. The van der Waals surface area contributed by atoms with E-state index in [4.69, 9.17) is 4.74 Å². The van der Waals surface area contributed by atoms with Crippen LogP contribution >= 0.6 is 15.9 Å². The standard InChI is InChI=1S/C24H18BrN3O/c1-16-7-9-21-22(11-16)28-24(27-21)19(14-26)12-18-8-10-23(20(25)13-18)29-15-17-5-3-2-4-6-17/h2-13H,15H2,1H3,(H,27,28)/b19-12-. The van der Waals surface area contributed by atoms with Gasteiger partial charge >= 0.3 is 0 Å². The van der Waals surface area contributed by atoms with Crippen LogP contribution in [0, 0.1) is 18.3 Å². The first-order chi connectivity index (χ1) is 14.1. The van der Waals surface area contributed by atoms with E-state index >= 15 is 0 Å². The maximum atomic E-state index is 9.64. The number of hydrogen-bond acceptors (Lipinski definition) is 3. The number of aromatic amines is 1. The molecular weight excluding hydrogens is 426 g/mol. The van der Waals surface area contributed by atoms with Crippen molar-refractivity contribution in [3.63, 3.8) is 0 Å². The molecule has 4 nitrogen and oxygen atoms in total. The summed E-state index contributed by atoms with van der Waals surface area (Å²) in [5, 5.41) is 9.64. The lowest BCUT2D eigenvalue weighted by molar-refractivity contribution is 0.304. The van der Waals surface area contributed by atoms with E-state index in [9.17, 15) is 5.26 Å². The monoisotopic (exact) mass is 443 g/mol. The highest BCUT2D eigenvalue weighted by atomic mass is 79.9. The van der Waals surface area contributed by atoms with Gasteiger partial charge in [-0.2, -0.15) is 5.26 Å². The Hall–Kier alpha value is -3.36. The molecule has 0 saturated carbocycles. The van der Waals surface area contributed by atoms with Crippen molar-refractivity contribution < 1.29 is 4.74 Å². The molecule has 0 aliphatic heterocycles. The highest BCUT2D eigenvalue weighted by molar-refractivity contribution is 9.10. The molecule has 0 radical (unpaired) electrons. The van der Waals surface area contributed by atoms with E-state index in [1.54, 1.807) is 0 Å². The van der Waals surface area contributed by atoms with Crippen LogP contribution in [0.15, 0.2) is 71.2 Å². The summed E-state index contributed by atoms with van der Waals surface area (Å²) in [5.74, 6) is 1.32. The zero-order valence-corrected chi connectivity index (χ0v) is 17.4. The predicted molar refractivity (Wildman–Crippen MR) is 119 cm³/mol. The Morgan fingerprint density at radius 1 is 1.14 bits per heavy atom. The van der Waals surface area contributed by atoms with Crippen LogP contribution in [0.25, 0.3) is 22.7 Å². The van der Waals surface area contributed by atoms with E-state index in [0.29, 0.717) is 18.0 Å². The molecule has 5 heteroatoms. The van der Waals surface area contributed by atoms with Gasteiger partial charge < -0.3 is 9.72 Å². The molecule has 4 rings (SSSR count). The number of allylic oxidation sites excluding steroid dienone is 1. The van der Waals surface area contributed by atoms with Crippen molar-refractivity contribution >= 4 is 38.6 Å². The molecule has 1 aromatic heterocycles. The molecule has 0 aliphatic rings.